The van der Waals surface area contributed by atoms with Crippen molar-refractivity contribution in [3.63, 3.8) is 0 Å². The molecule has 24 heavy (non-hydrogen) atoms. The van der Waals surface area contributed by atoms with E-state index < -0.39 is 11.6 Å². The number of rotatable bonds is 4. The highest BCUT2D eigenvalue weighted by atomic mass is 32.2. The van der Waals surface area contributed by atoms with Crippen LogP contribution in [0.25, 0.3) is 0 Å². The van der Waals surface area contributed by atoms with Gasteiger partial charge < -0.3 is 10.1 Å². The minimum absolute atomic E-state index is 0.311. The van der Waals surface area contributed by atoms with E-state index in [2.05, 4.69) is 12.2 Å². The van der Waals surface area contributed by atoms with Crippen LogP contribution in [0.4, 0.5) is 5.69 Å². The third-order valence-corrected chi connectivity index (χ3v) is 4.95. The molecule has 5 heteroatoms. The average molecular weight is 341 g/mol. The van der Waals surface area contributed by atoms with Crippen LogP contribution >= 0.6 is 11.8 Å². The number of esters is 1. The average Bonchev–Trinajstić information content (AvgIpc) is 2.57. The Morgan fingerprint density at radius 2 is 1.92 bits per heavy atom. The lowest BCUT2D eigenvalue weighted by atomic mass is 9.89. The van der Waals surface area contributed by atoms with E-state index in [4.69, 9.17) is 4.74 Å². The molecule has 0 saturated carbocycles. The second-order valence-corrected chi connectivity index (χ2v) is 7.14. The molecule has 0 spiro atoms. The third-order valence-electron chi connectivity index (χ3n) is 4.00. The fraction of sp³-hybridized carbons (Fsp3) is 0.263. The summed E-state index contributed by atoms with van der Waals surface area (Å²) in [6.45, 7) is 3.72. The molecule has 1 unspecified atom stereocenters. The zero-order valence-electron chi connectivity index (χ0n) is 13.7. The smallest absolute Gasteiger partial charge is 0.339 e. The van der Waals surface area contributed by atoms with Crippen molar-refractivity contribution >= 4 is 29.3 Å². The van der Waals surface area contributed by atoms with Crippen LogP contribution in [-0.4, -0.2) is 23.2 Å². The highest BCUT2D eigenvalue weighted by Crippen LogP contribution is 2.31. The van der Waals surface area contributed by atoms with Gasteiger partial charge in [-0.2, -0.15) is 0 Å². The van der Waals surface area contributed by atoms with Gasteiger partial charge in [-0.25, -0.2) is 4.79 Å². The summed E-state index contributed by atoms with van der Waals surface area (Å²) in [7, 11) is 0. The minimum Gasteiger partial charge on any atom is -0.445 e. The first-order valence-corrected chi connectivity index (χ1v) is 8.86. The van der Waals surface area contributed by atoms with Crippen molar-refractivity contribution in [1.29, 1.82) is 0 Å². The Morgan fingerprint density at radius 1 is 1.21 bits per heavy atom. The summed E-state index contributed by atoms with van der Waals surface area (Å²) in [6, 6.07) is 14.9. The molecule has 1 aliphatic rings. The van der Waals surface area contributed by atoms with Crippen LogP contribution < -0.4 is 5.32 Å². The maximum Gasteiger partial charge on any atom is 0.339 e. The molecule has 1 amide bonds. The Labute approximate surface area is 145 Å². The summed E-state index contributed by atoms with van der Waals surface area (Å²) >= 11 is 1.66. The Balaban J connectivity index is 1.84. The fourth-order valence-corrected chi connectivity index (χ4v) is 3.53. The van der Waals surface area contributed by atoms with Crippen molar-refractivity contribution < 1.29 is 14.3 Å². The standard InChI is InChI=1S/C19H19NO3S/c1-3-24-16-11-7-6-10-15(16)20-18(22)19(2)12-13-8-4-5-9-14(13)17(21)23-19/h4-11H,3,12H2,1-2H3,(H,20,22). The monoisotopic (exact) mass is 341 g/mol. The number of ether oxygens (including phenoxy) is 1. The number of anilines is 1. The molecule has 0 radical (unpaired) electrons. The van der Waals surface area contributed by atoms with Crippen molar-refractivity contribution in [2.24, 2.45) is 0 Å². The van der Waals surface area contributed by atoms with Crippen molar-refractivity contribution in [3.8, 4) is 0 Å². The van der Waals surface area contributed by atoms with Gasteiger partial charge in [0.05, 0.1) is 11.3 Å². The van der Waals surface area contributed by atoms with Gasteiger partial charge >= 0.3 is 5.97 Å². The Bertz CT molecular complexity index is 790. The molecular weight excluding hydrogens is 322 g/mol. The van der Waals surface area contributed by atoms with Crippen LogP contribution in [-0.2, 0) is 16.0 Å². The molecule has 1 heterocycles. The number of carbonyl (C=O) groups excluding carboxylic acids is 2. The molecule has 1 N–H and O–H groups in total. The van der Waals surface area contributed by atoms with Gasteiger partial charge in [-0.1, -0.05) is 37.3 Å². The van der Waals surface area contributed by atoms with E-state index in [0.717, 1.165) is 21.9 Å². The topological polar surface area (TPSA) is 55.4 Å². The number of hydrogen-bond acceptors (Lipinski definition) is 4. The summed E-state index contributed by atoms with van der Waals surface area (Å²) in [5.41, 5.74) is 0.896. The van der Waals surface area contributed by atoms with Crippen LogP contribution in [0.15, 0.2) is 53.4 Å². The Morgan fingerprint density at radius 3 is 2.71 bits per heavy atom. The van der Waals surface area contributed by atoms with E-state index in [9.17, 15) is 9.59 Å². The summed E-state index contributed by atoms with van der Waals surface area (Å²) in [6.07, 6.45) is 0.365. The van der Waals surface area contributed by atoms with Gasteiger partial charge in [0.1, 0.15) is 0 Å². The maximum atomic E-state index is 12.8. The van der Waals surface area contributed by atoms with Crippen LogP contribution in [0.5, 0.6) is 0 Å². The Hall–Kier alpha value is -2.27. The van der Waals surface area contributed by atoms with Crippen molar-refractivity contribution in [3.05, 3.63) is 59.7 Å². The predicted octanol–water partition coefficient (Wildman–Crippen LogP) is 3.91. The molecule has 4 nitrogen and oxygen atoms in total. The van der Waals surface area contributed by atoms with Gasteiger partial charge in [0.15, 0.2) is 5.60 Å². The van der Waals surface area contributed by atoms with Crippen molar-refractivity contribution in [2.75, 3.05) is 11.1 Å². The number of nitrogens with one attached hydrogen (secondary N) is 1. The van der Waals surface area contributed by atoms with Crippen molar-refractivity contribution in [2.45, 2.75) is 30.8 Å². The quantitative estimate of drug-likeness (QED) is 0.677. The zero-order chi connectivity index (χ0) is 17.2. The number of benzene rings is 2. The molecule has 0 aliphatic carbocycles. The van der Waals surface area contributed by atoms with Crippen LogP contribution in [0.3, 0.4) is 0 Å². The summed E-state index contributed by atoms with van der Waals surface area (Å²) < 4.78 is 5.48. The van der Waals surface area contributed by atoms with Crippen LogP contribution in [0.2, 0.25) is 0 Å². The number of thioether (sulfide) groups is 1. The molecule has 1 atom stereocenters. The molecule has 2 aromatic carbocycles. The number of fused-ring (bicyclic) bond motifs is 1. The van der Waals surface area contributed by atoms with E-state index in [-0.39, 0.29) is 5.91 Å². The molecule has 3 rings (SSSR count). The lowest BCUT2D eigenvalue weighted by molar-refractivity contribution is -0.134. The Kier molecular flexibility index (Phi) is 4.62. The lowest BCUT2D eigenvalue weighted by Gasteiger charge is -2.33. The normalized spacial score (nSPS) is 19.3. The summed E-state index contributed by atoms with van der Waals surface area (Å²) in [5.74, 6) is 0.146. The van der Waals surface area contributed by atoms with E-state index >= 15 is 0 Å². The van der Waals surface area contributed by atoms with E-state index in [1.165, 1.54) is 0 Å². The van der Waals surface area contributed by atoms with Gasteiger partial charge in [-0.15, -0.1) is 11.8 Å². The molecule has 124 valence electrons. The second kappa shape index (κ2) is 6.69. The summed E-state index contributed by atoms with van der Waals surface area (Å²) in [5, 5.41) is 2.92. The molecule has 2 aromatic rings. The molecule has 0 fully saturated rings. The SMILES string of the molecule is CCSc1ccccc1NC(=O)C1(C)Cc2ccccc2C(=O)O1. The number of amides is 1. The molecular formula is C19H19NO3S. The number of cyclic esters (lactones) is 1. The van der Waals surface area contributed by atoms with E-state index in [0.29, 0.717) is 12.0 Å². The fourth-order valence-electron chi connectivity index (χ4n) is 2.77. The molecule has 1 aliphatic heterocycles. The predicted molar refractivity (Wildman–Crippen MR) is 95.4 cm³/mol. The number of hydrogen-bond donors (Lipinski definition) is 1. The number of para-hydroxylation sites is 1. The summed E-state index contributed by atoms with van der Waals surface area (Å²) in [4.78, 5) is 26.0. The van der Waals surface area contributed by atoms with Crippen LogP contribution in [0, 0.1) is 0 Å². The van der Waals surface area contributed by atoms with E-state index in [1.807, 2.05) is 36.4 Å². The van der Waals surface area contributed by atoms with Gasteiger partial charge in [0.25, 0.3) is 5.91 Å². The highest BCUT2D eigenvalue weighted by molar-refractivity contribution is 7.99. The van der Waals surface area contributed by atoms with Gasteiger partial charge in [0, 0.05) is 11.3 Å². The van der Waals surface area contributed by atoms with Gasteiger partial charge in [0.2, 0.25) is 0 Å². The molecule has 0 bridgehead atoms. The zero-order valence-corrected chi connectivity index (χ0v) is 14.5. The largest absolute Gasteiger partial charge is 0.445 e. The maximum absolute atomic E-state index is 12.8. The lowest BCUT2D eigenvalue weighted by Crippen LogP contribution is -2.48. The second-order valence-electron chi connectivity index (χ2n) is 5.84. The van der Waals surface area contributed by atoms with Crippen molar-refractivity contribution in [1.82, 2.24) is 0 Å². The molecule has 0 saturated heterocycles. The van der Waals surface area contributed by atoms with E-state index in [1.54, 1.807) is 30.8 Å². The third kappa shape index (κ3) is 3.17. The number of carbonyl (C=O) groups is 2. The van der Waals surface area contributed by atoms with Crippen LogP contribution in [0.1, 0.15) is 29.8 Å². The first-order valence-electron chi connectivity index (χ1n) is 7.88. The molecule has 0 aromatic heterocycles. The first kappa shape index (κ1) is 16.6. The minimum atomic E-state index is -1.21. The van der Waals surface area contributed by atoms with Gasteiger partial charge in [-0.05, 0) is 36.4 Å². The highest BCUT2D eigenvalue weighted by Gasteiger charge is 2.42. The first-order chi connectivity index (χ1) is 11.5. The van der Waals surface area contributed by atoms with Gasteiger partial charge in [-0.3, -0.25) is 4.79 Å².